The van der Waals surface area contributed by atoms with Crippen molar-refractivity contribution in [1.82, 2.24) is 9.97 Å². The maximum Gasteiger partial charge on any atom is 0.224 e. The van der Waals surface area contributed by atoms with Gasteiger partial charge >= 0.3 is 0 Å². The second kappa shape index (κ2) is 7.11. The fraction of sp³-hybridized carbons (Fsp3) is 0.500. The topological polar surface area (TPSA) is 63.0 Å². The van der Waals surface area contributed by atoms with Gasteiger partial charge in [-0.1, -0.05) is 25.7 Å². The van der Waals surface area contributed by atoms with E-state index in [1.165, 1.54) is 38.5 Å². The van der Waals surface area contributed by atoms with E-state index >= 15 is 0 Å². The van der Waals surface area contributed by atoms with E-state index in [9.17, 15) is 0 Å². The van der Waals surface area contributed by atoms with Crippen molar-refractivity contribution >= 4 is 11.8 Å². The number of aromatic nitrogens is 2. The van der Waals surface area contributed by atoms with Gasteiger partial charge in [-0.3, -0.25) is 0 Å². The molecular weight excluding hydrogens is 264 g/mol. The van der Waals surface area contributed by atoms with Crippen LogP contribution in [-0.2, 0) is 6.54 Å². The van der Waals surface area contributed by atoms with Crippen LogP contribution in [0.15, 0.2) is 35.1 Å². The zero-order valence-corrected chi connectivity index (χ0v) is 12.2. The summed E-state index contributed by atoms with van der Waals surface area (Å²) in [6.07, 6.45) is 11.3. The minimum Gasteiger partial charge on any atom is -0.467 e. The predicted octanol–water partition coefficient (Wildman–Crippen LogP) is 3.82. The fourth-order valence-corrected chi connectivity index (χ4v) is 2.74. The first-order valence-electron chi connectivity index (χ1n) is 7.76. The summed E-state index contributed by atoms with van der Waals surface area (Å²) in [6, 6.07) is 6.28. The maximum absolute atomic E-state index is 5.29. The Kier molecular flexibility index (Phi) is 4.71. The molecule has 0 atom stereocenters. The SMILES string of the molecule is c1coc(CNc2nccc(NC3CCCCCC3)n2)c1. The van der Waals surface area contributed by atoms with E-state index in [1.54, 1.807) is 12.5 Å². The van der Waals surface area contributed by atoms with E-state index in [-0.39, 0.29) is 0 Å². The lowest BCUT2D eigenvalue weighted by atomic mass is 10.1. The van der Waals surface area contributed by atoms with Crippen LogP contribution in [0.2, 0.25) is 0 Å². The molecule has 0 saturated heterocycles. The molecule has 0 spiro atoms. The Morgan fingerprint density at radius 2 is 2.00 bits per heavy atom. The van der Waals surface area contributed by atoms with Crippen molar-refractivity contribution < 1.29 is 4.42 Å². The van der Waals surface area contributed by atoms with Crippen LogP contribution in [0, 0.1) is 0 Å². The van der Waals surface area contributed by atoms with Gasteiger partial charge in [0.15, 0.2) is 0 Å². The number of anilines is 2. The number of nitrogens with one attached hydrogen (secondary N) is 2. The van der Waals surface area contributed by atoms with E-state index in [2.05, 4.69) is 20.6 Å². The van der Waals surface area contributed by atoms with Crippen molar-refractivity contribution in [2.75, 3.05) is 10.6 Å². The van der Waals surface area contributed by atoms with Crippen molar-refractivity contribution in [3.8, 4) is 0 Å². The number of furan rings is 1. The molecule has 0 aromatic carbocycles. The number of nitrogens with zero attached hydrogens (tertiary/aromatic N) is 2. The zero-order chi connectivity index (χ0) is 14.3. The van der Waals surface area contributed by atoms with Gasteiger partial charge in [-0.25, -0.2) is 4.98 Å². The summed E-state index contributed by atoms with van der Waals surface area (Å²) in [5.74, 6) is 2.41. The molecule has 2 N–H and O–H groups in total. The Bertz CT molecular complexity index is 533. The van der Waals surface area contributed by atoms with Crippen LogP contribution in [0.4, 0.5) is 11.8 Å². The van der Waals surface area contributed by atoms with Crippen LogP contribution >= 0.6 is 0 Å². The molecule has 3 rings (SSSR count). The van der Waals surface area contributed by atoms with Crippen LogP contribution < -0.4 is 10.6 Å². The lowest BCUT2D eigenvalue weighted by molar-refractivity contribution is 0.517. The normalized spacial score (nSPS) is 16.4. The Morgan fingerprint density at radius 3 is 2.76 bits per heavy atom. The first-order chi connectivity index (χ1) is 10.4. The Labute approximate surface area is 125 Å². The summed E-state index contributed by atoms with van der Waals surface area (Å²) < 4.78 is 5.29. The highest BCUT2D eigenvalue weighted by atomic mass is 16.3. The Morgan fingerprint density at radius 1 is 1.14 bits per heavy atom. The molecule has 1 saturated carbocycles. The first kappa shape index (κ1) is 13.9. The molecule has 0 unspecified atom stereocenters. The maximum atomic E-state index is 5.29. The molecule has 0 aliphatic heterocycles. The minimum atomic E-state index is 0.542. The van der Waals surface area contributed by atoms with Crippen LogP contribution in [0.25, 0.3) is 0 Å². The van der Waals surface area contributed by atoms with E-state index in [4.69, 9.17) is 4.42 Å². The molecule has 1 aliphatic rings. The third kappa shape index (κ3) is 4.21. The van der Waals surface area contributed by atoms with Crippen molar-refractivity contribution in [3.05, 3.63) is 36.4 Å². The highest BCUT2D eigenvalue weighted by molar-refractivity contribution is 5.40. The highest BCUT2D eigenvalue weighted by Crippen LogP contribution is 2.20. The summed E-state index contributed by atoms with van der Waals surface area (Å²) in [7, 11) is 0. The number of hydrogen-bond donors (Lipinski definition) is 2. The highest BCUT2D eigenvalue weighted by Gasteiger charge is 2.12. The lowest BCUT2D eigenvalue weighted by Gasteiger charge is -2.17. The molecule has 2 heterocycles. The fourth-order valence-electron chi connectivity index (χ4n) is 2.74. The smallest absolute Gasteiger partial charge is 0.224 e. The summed E-state index contributed by atoms with van der Waals surface area (Å²) >= 11 is 0. The number of hydrogen-bond acceptors (Lipinski definition) is 5. The second-order valence-electron chi connectivity index (χ2n) is 5.53. The van der Waals surface area contributed by atoms with Gasteiger partial charge in [-0.05, 0) is 31.0 Å². The van der Waals surface area contributed by atoms with Gasteiger partial charge in [-0.15, -0.1) is 0 Å². The molecule has 0 radical (unpaired) electrons. The molecule has 1 fully saturated rings. The third-order valence-corrected chi connectivity index (χ3v) is 3.86. The molecule has 2 aromatic heterocycles. The monoisotopic (exact) mass is 286 g/mol. The van der Waals surface area contributed by atoms with Crippen molar-refractivity contribution in [2.45, 2.75) is 51.1 Å². The van der Waals surface area contributed by atoms with Gasteiger partial charge in [0.05, 0.1) is 12.8 Å². The van der Waals surface area contributed by atoms with E-state index in [0.29, 0.717) is 18.5 Å². The van der Waals surface area contributed by atoms with Gasteiger partial charge in [0, 0.05) is 12.2 Å². The van der Waals surface area contributed by atoms with E-state index in [1.807, 2.05) is 18.2 Å². The van der Waals surface area contributed by atoms with Crippen molar-refractivity contribution in [2.24, 2.45) is 0 Å². The van der Waals surface area contributed by atoms with E-state index < -0.39 is 0 Å². The molecular formula is C16H22N4O. The largest absolute Gasteiger partial charge is 0.467 e. The Hall–Kier alpha value is -2.04. The van der Waals surface area contributed by atoms with Gasteiger partial charge in [0.25, 0.3) is 0 Å². The molecule has 5 nitrogen and oxygen atoms in total. The van der Waals surface area contributed by atoms with Crippen molar-refractivity contribution in [1.29, 1.82) is 0 Å². The summed E-state index contributed by atoms with van der Waals surface area (Å²) in [4.78, 5) is 8.77. The average molecular weight is 286 g/mol. The zero-order valence-electron chi connectivity index (χ0n) is 12.2. The first-order valence-corrected chi connectivity index (χ1v) is 7.76. The summed E-state index contributed by atoms with van der Waals surface area (Å²) in [6.45, 7) is 0.597. The van der Waals surface area contributed by atoms with E-state index in [0.717, 1.165) is 11.6 Å². The van der Waals surface area contributed by atoms with Crippen LogP contribution in [0.1, 0.15) is 44.3 Å². The molecule has 0 amide bonds. The van der Waals surface area contributed by atoms with Crippen LogP contribution in [0.3, 0.4) is 0 Å². The van der Waals surface area contributed by atoms with Crippen LogP contribution in [0.5, 0.6) is 0 Å². The molecule has 112 valence electrons. The van der Waals surface area contributed by atoms with Gasteiger partial charge < -0.3 is 15.1 Å². The minimum absolute atomic E-state index is 0.542. The average Bonchev–Trinajstić information content (AvgIpc) is 2.90. The second-order valence-corrected chi connectivity index (χ2v) is 5.53. The third-order valence-electron chi connectivity index (χ3n) is 3.86. The van der Waals surface area contributed by atoms with Gasteiger partial charge in [0.2, 0.25) is 5.95 Å². The Balaban J connectivity index is 1.57. The quantitative estimate of drug-likeness (QED) is 0.818. The molecule has 0 bridgehead atoms. The number of rotatable bonds is 5. The molecule has 1 aliphatic carbocycles. The van der Waals surface area contributed by atoms with Gasteiger partial charge in [0.1, 0.15) is 11.6 Å². The standard InChI is InChI=1S/C16H22N4O/c1-2-4-7-13(6-3-1)19-15-9-10-17-16(20-15)18-12-14-8-5-11-21-14/h5,8-11,13H,1-4,6-7,12H2,(H2,17,18,19,20). The van der Waals surface area contributed by atoms with Crippen LogP contribution in [-0.4, -0.2) is 16.0 Å². The molecule has 5 heteroatoms. The predicted molar refractivity (Wildman–Crippen MR) is 83.2 cm³/mol. The summed E-state index contributed by atoms with van der Waals surface area (Å²) in [5, 5.41) is 6.72. The summed E-state index contributed by atoms with van der Waals surface area (Å²) in [5.41, 5.74) is 0. The molecule has 2 aromatic rings. The molecule has 21 heavy (non-hydrogen) atoms. The lowest BCUT2D eigenvalue weighted by Crippen LogP contribution is -2.19. The van der Waals surface area contributed by atoms with Crippen molar-refractivity contribution in [3.63, 3.8) is 0 Å². The van der Waals surface area contributed by atoms with Gasteiger partial charge in [-0.2, -0.15) is 4.98 Å².